The van der Waals surface area contributed by atoms with Crippen LogP contribution in [0.25, 0.3) is 0 Å². The van der Waals surface area contributed by atoms with Crippen molar-refractivity contribution in [1.29, 1.82) is 0 Å². The molecule has 0 saturated carbocycles. The lowest BCUT2D eigenvalue weighted by Crippen LogP contribution is -2.14. The molecule has 0 bridgehead atoms. The number of carbonyl (C=O) groups excluding carboxylic acids is 1. The molecule has 8 nitrogen and oxygen atoms in total. The molecule has 0 radical (unpaired) electrons. The summed E-state index contributed by atoms with van der Waals surface area (Å²) in [6.07, 6.45) is -4.98. The third-order valence-electron chi connectivity index (χ3n) is 3.10. The molecule has 0 spiro atoms. The number of nitro benzene ring substituents is 2. The molecule has 0 heterocycles. The molecular formula is C14H8F3N3O5. The van der Waals surface area contributed by atoms with Crippen molar-refractivity contribution < 1.29 is 27.8 Å². The molecule has 0 atom stereocenters. The van der Waals surface area contributed by atoms with Gasteiger partial charge in [0.1, 0.15) is 5.56 Å². The Morgan fingerprint density at radius 1 is 0.960 bits per heavy atom. The van der Waals surface area contributed by atoms with Gasteiger partial charge in [-0.2, -0.15) is 13.2 Å². The first kappa shape index (κ1) is 17.8. The van der Waals surface area contributed by atoms with Crippen molar-refractivity contribution in [2.45, 2.75) is 6.18 Å². The number of amides is 1. The van der Waals surface area contributed by atoms with Crippen LogP contribution in [0.5, 0.6) is 0 Å². The number of hydrogen-bond donors (Lipinski definition) is 1. The minimum absolute atomic E-state index is 0.0301. The quantitative estimate of drug-likeness (QED) is 0.662. The average Bonchev–Trinajstić information content (AvgIpc) is 2.53. The highest BCUT2D eigenvalue weighted by atomic mass is 19.4. The van der Waals surface area contributed by atoms with Gasteiger partial charge < -0.3 is 5.32 Å². The minimum Gasteiger partial charge on any atom is -0.322 e. The summed E-state index contributed by atoms with van der Waals surface area (Å²) < 4.78 is 38.7. The van der Waals surface area contributed by atoms with Gasteiger partial charge in [-0.25, -0.2) is 0 Å². The summed E-state index contributed by atoms with van der Waals surface area (Å²) in [7, 11) is 0. The molecule has 0 unspecified atom stereocenters. The maximum atomic E-state index is 12.9. The van der Waals surface area contributed by atoms with Gasteiger partial charge in [0.2, 0.25) is 0 Å². The van der Waals surface area contributed by atoms with Crippen molar-refractivity contribution in [2.75, 3.05) is 5.32 Å². The minimum atomic E-state index is -4.98. The summed E-state index contributed by atoms with van der Waals surface area (Å²) in [4.78, 5) is 31.3. The van der Waals surface area contributed by atoms with Crippen LogP contribution in [0.3, 0.4) is 0 Å². The summed E-state index contributed by atoms with van der Waals surface area (Å²) in [5.41, 5.74) is -3.23. The molecule has 1 amide bonds. The van der Waals surface area contributed by atoms with Gasteiger partial charge >= 0.3 is 6.18 Å². The summed E-state index contributed by atoms with van der Waals surface area (Å²) >= 11 is 0. The monoisotopic (exact) mass is 355 g/mol. The van der Waals surface area contributed by atoms with Crippen molar-refractivity contribution in [2.24, 2.45) is 0 Å². The van der Waals surface area contributed by atoms with Crippen molar-refractivity contribution in [3.05, 3.63) is 73.8 Å². The molecule has 2 aromatic rings. The number of alkyl halides is 3. The normalized spacial score (nSPS) is 11.0. The number of benzene rings is 2. The molecule has 0 fully saturated rings. The Morgan fingerprint density at radius 2 is 1.56 bits per heavy atom. The summed E-state index contributed by atoms with van der Waals surface area (Å²) in [5, 5.41) is 23.4. The molecular weight excluding hydrogens is 347 g/mol. The fraction of sp³-hybridized carbons (Fsp3) is 0.0714. The molecule has 11 heteroatoms. The van der Waals surface area contributed by atoms with E-state index in [1.165, 1.54) is 0 Å². The Bertz CT molecular complexity index is 850. The zero-order valence-electron chi connectivity index (χ0n) is 12.1. The molecule has 0 aliphatic heterocycles. The van der Waals surface area contributed by atoms with E-state index in [4.69, 9.17) is 0 Å². The summed E-state index contributed by atoms with van der Waals surface area (Å²) in [5.74, 6) is -0.822. The Balaban J connectivity index is 2.29. The Kier molecular flexibility index (Phi) is 4.68. The third kappa shape index (κ3) is 4.07. The SMILES string of the molecule is O=C(Nc1ccc([N+](=O)[O-])c(C(F)(F)F)c1)c1ccc([N+](=O)[O-])cc1. The molecule has 0 aromatic heterocycles. The average molecular weight is 355 g/mol. The fourth-order valence-corrected chi connectivity index (χ4v) is 1.94. The molecule has 2 rings (SSSR count). The van der Waals surface area contributed by atoms with Crippen LogP contribution in [0.4, 0.5) is 30.2 Å². The van der Waals surface area contributed by atoms with Gasteiger partial charge in [-0.1, -0.05) is 0 Å². The topological polar surface area (TPSA) is 115 Å². The Morgan fingerprint density at radius 3 is 2.04 bits per heavy atom. The van der Waals surface area contributed by atoms with Crippen LogP contribution in [0.1, 0.15) is 15.9 Å². The highest BCUT2D eigenvalue weighted by Crippen LogP contribution is 2.37. The van der Waals surface area contributed by atoms with Crippen LogP contribution in [0.15, 0.2) is 42.5 Å². The largest absolute Gasteiger partial charge is 0.423 e. The van der Waals surface area contributed by atoms with E-state index in [1.54, 1.807) is 0 Å². The molecule has 25 heavy (non-hydrogen) atoms. The summed E-state index contributed by atoms with van der Waals surface area (Å²) in [6.45, 7) is 0. The van der Waals surface area contributed by atoms with Crippen molar-refractivity contribution >= 4 is 23.0 Å². The Labute approximate surface area is 137 Å². The van der Waals surface area contributed by atoms with Gasteiger partial charge in [0, 0.05) is 29.4 Å². The number of non-ortho nitro benzene ring substituents is 1. The van der Waals surface area contributed by atoms with Crippen LogP contribution >= 0.6 is 0 Å². The number of anilines is 1. The molecule has 2 aromatic carbocycles. The van der Waals surface area contributed by atoms with E-state index < -0.39 is 33.2 Å². The van der Waals surface area contributed by atoms with E-state index in [2.05, 4.69) is 5.32 Å². The Hall–Kier alpha value is -3.50. The number of carbonyl (C=O) groups is 1. The predicted molar refractivity (Wildman–Crippen MR) is 79.1 cm³/mol. The van der Waals surface area contributed by atoms with Crippen LogP contribution < -0.4 is 5.32 Å². The first-order valence-electron chi connectivity index (χ1n) is 6.51. The lowest BCUT2D eigenvalue weighted by molar-refractivity contribution is -0.388. The maximum Gasteiger partial charge on any atom is 0.423 e. The number of nitro groups is 2. The number of rotatable bonds is 4. The van der Waals surface area contributed by atoms with E-state index in [1.807, 2.05) is 0 Å². The van der Waals surface area contributed by atoms with Gasteiger partial charge in [0.05, 0.1) is 9.85 Å². The predicted octanol–water partition coefficient (Wildman–Crippen LogP) is 3.77. The van der Waals surface area contributed by atoms with E-state index in [0.717, 1.165) is 30.3 Å². The molecule has 1 N–H and O–H groups in total. The van der Waals surface area contributed by atoms with E-state index in [-0.39, 0.29) is 16.9 Å². The van der Waals surface area contributed by atoms with Crippen LogP contribution in [-0.2, 0) is 6.18 Å². The zero-order chi connectivity index (χ0) is 18.8. The van der Waals surface area contributed by atoms with Gasteiger partial charge in [-0.3, -0.25) is 25.0 Å². The van der Waals surface area contributed by atoms with Crippen molar-refractivity contribution in [3.8, 4) is 0 Å². The van der Waals surface area contributed by atoms with Gasteiger partial charge in [0.15, 0.2) is 0 Å². The lowest BCUT2D eigenvalue weighted by Gasteiger charge is -2.10. The maximum absolute atomic E-state index is 12.9. The van der Waals surface area contributed by atoms with Gasteiger partial charge in [-0.05, 0) is 24.3 Å². The second kappa shape index (κ2) is 6.55. The van der Waals surface area contributed by atoms with Gasteiger partial charge in [-0.15, -0.1) is 0 Å². The van der Waals surface area contributed by atoms with Crippen LogP contribution in [0, 0.1) is 20.2 Å². The zero-order valence-corrected chi connectivity index (χ0v) is 12.1. The van der Waals surface area contributed by atoms with E-state index in [9.17, 15) is 38.2 Å². The molecule has 0 aliphatic carbocycles. The van der Waals surface area contributed by atoms with E-state index in [0.29, 0.717) is 12.1 Å². The highest BCUT2D eigenvalue weighted by molar-refractivity contribution is 6.04. The lowest BCUT2D eigenvalue weighted by atomic mass is 10.1. The molecule has 0 saturated heterocycles. The number of hydrogen-bond acceptors (Lipinski definition) is 5. The number of nitrogens with zero attached hydrogens (tertiary/aromatic N) is 2. The van der Waals surface area contributed by atoms with E-state index >= 15 is 0 Å². The number of halogens is 3. The molecule has 0 aliphatic rings. The standard InChI is InChI=1S/C14H8F3N3O5/c15-14(16,17)11-7-9(3-6-12(11)20(24)25)18-13(21)8-1-4-10(5-2-8)19(22)23/h1-7H,(H,18,21). The second-order valence-electron chi connectivity index (χ2n) is 4.74. The van der Waals surface area contributed by atoms with Gasteiger partial charge in [0.25, 0.3) is 17.3 Å². The number of nitrogens with one attached hydrogen (secondary N) is 1. The first-order chi connectivity index (χ1) is 11.6. The molecule has 130 valence electrons. The smallest absolute Gasteiger partial charge is 0.322 e. The van der Waals surface area contributed by atoms with Crippen LogP contribution in [0.2, 0.25) is 0 Å². The van der Waals surface area contributed by atoms with Crippen molar-refractivity contribution in [1.82, 2.24) is 0 Å². The second-order valence-corrected chi connectivity index (χ2v) is 4.74. The third-order valence-corrected chi connectivity index (χ3v) is 3.10. The fourth-order valence-electron chi connectivity index (χ4n) is 1.94. The van der Waals surface area contributed by atoms with Crippen molar-refractivity contribution in [3.63, 3.8) is 0 Å². The van der Waals surface area contributed by atoms with Crippen LogP contribution in [-0.4, -0.2) is 15.8 Å². The first-order valence-corrected chi connectivity index (χ1v) is 6.51. The summed E-state index contributed by atoms with van der Waals surface area (Å²) in [6, 6.07) is 6.41. The highest BCUT2D eigenvalue weighted by Gasteiger charge is 2.38.